The van der Waals surface area contributed by atoms with Gasteiger partial charge in [0.1, 0.15) is 23.7 Å². The molecule has 8 nitrogen and oxygen atoms in total. The van der Waals surface area contributed by atoms with E-state index in [9.17, 15) is 15.2 Å². The smallest absolute Gasteiger partial charge is 0.306 e. The summed E-state index contributed by atoms with van der Waals surface area (Å²) in [5.74, 6) is -0.298. The third-order valence-electron chi connectivity index (χ3n) is 6.33. The minimum Gasteiger partial charge on any atom is -0.487 e. The number of rotatable bonds is 7. The van der Waals surface area contributed by atoms with E-state index >= 15 is 0 Å². The lowest BCUT2D eigenvalue weighted by molar-refractivity contribution is -0.149. The van der Waals surface area contributed by atoms with E-state index in [0.29, 0.717) is 37.4 Å². The Hall–Kier alpha value is -3.31. The molecule has 0 unspecified atom stereocenters. The van der Waals surface area contributed by atoms with Crippen molar-refractivity contribution in [3.05, 3.63) is 45.9 Å². The van der Waals surface area contributed by atoms with Gasteiger partial charge in [-0.15, -0.1) is 0 Å². The van der Waals surface area contributed by atoms with E-state index in [1.54, 1.807) is 10.7 Å². The fraction of sp³-hybridized carbons (Fsp3) is 0.458. The molecule has 32 heavy (non-hydrogen) atoms. The zero-order valence-electron chi connectivity index (χ0n) is 18.9. The number of ether oxygens (including phenoxy) is 2. The van der Waals surface area contributed by atoms with Gasteiger partial charge < -0.3 is 19.6 Å². The molecule has 0 bridgehead atoms. The highest BCUT2D eigenvalue weighted by atomic mass is 16.5. The molecule has 1 aromatic carbocycles. The van der Waals surface area contributed by atoms with Crippen LogP contribution in [-0.4, -0.2) is 32.4 Å². The minimum atomic E-state index is -0.918. The van der Waals surface area contributed by atoms with Gasteiger partial charge in [0.05, 0.1) is 35.9 Å². The highest BCUT2D eigenvalue weighted by Crippen LogP contribution is 2.45. The molecule has 0 saturated heterocycles. The summed E-state index contributed by atoms with van der Waals surface area (Å²) in [6.45, 7) is 6.66. The molecular weight excluding hydrogens is 408 g/mol. The van der Waals surface area contributed by atoms with Gasteiger partial charge in [-0.25, -0.2) is 0 Å². The summed E-state index contributed by atoms with van der Waals surface area (Å²) >= 11 is 0. The van der Waals surface area contributed by atoms with Gasteiger partial charge in [-0.1, -0.05) is 13.3 Å². The maximum Gasteiger partial charge on any atom is 0.306 e. The first kappa shape index (κ1) is 21.9. The van der Waals surface area contributed by atoms with Gasteiger partial charge in [-0.2, -0.15) is 10.4 Å². The number of benzene rings is 1. The van der Waals surface area contributed by atoms with Crippen molar-refractivity contribution in [1.82, 2.24) is 14.8 Å². The average molecular weight is 437 g/mol. The van der Waals surface area contributed by atoms with Crippen LogP contribution in [-0.2, 0) is 35.2 Å². The number of aryl methyl sites for hydroxylation is 3. The number of hydrogen-bond acceptors (Lipinski definition) is 5. The number of aromatic amines is 1. The molecule has 8 heteroatoms. The van der Waals surface area contributed by atoms with Crippen molar-refractivity contribution in [2.45, 2.75) is 58.7 Å². The quantitative estimate of drug-likeness (QED) is 0.578. The van der Waals surface area contributed by atoms with Gasteiger partial charge in [-0.05, 0) is 44.4 Å². The predicted octanol–water partition coefficient (Wildman–Crippen LogP) is 4.01. The van der Waals surface area contributed by atoms with E-state index in [-0.39, 0.29) is 6.42 Å². The third kappa shape index (κ3) is 3.63. The van der Waals surface area contributed by atoms with Crippen LogP contribution in [0.15, 0.2) is 12.1 Å². The normalized spacial score (nSPS) is 17.8. The van der Waals surface area contributed by atoms with Crippen molar-refractivity contribution >= 4 is 16.9 Å². The van der Waals surface area contributed by atoms with Crippen LogP contribution in [0.2, 0.25) is 0 Å². The Morgan fingerprint density at radius 3 is 2.84 bits per heavy atom. The highest BCUT2D eigenvalue weighted by Gasteiger charge is 2.42. The fourth-order valence-corrected chi connectivity index (χ4v) is 4.78. The van der Waals surface area contributed by atoms with Crippen molar-refractivity contribution in [2.75, 3.05) is 6.61 Å². The number of H-pyrrole nitrogens is 1. The summed E-state index contributed by atoms with van der Waals surface area (Å²) < 4.78 is 14.0. The number of aliphatic carboxylic acids is 1. The molecule has 0 fully saturated rings. The number of nitrogens with zero attached hydrogens (tertiary/aromatic N) is 3. The molecule has 0 saturated carbocycles. The lowest BCUT2D eigenvalue weighted by Gasteiger charge is -2.36. The van der Waals surface area contributed by atoms with E-state index in [2.05, 4.69) is 16.2 Å². The number of nitrogens with one attached hydrogen (secondary N) is 1. The van der Waals surface area contributed by atoms with Gasteiger partial charge in [0, 0.05) is 23.7 Å². The van der Waals surface area contributed by atoms with Crippen LogP contribution in [0.3, 0.4) is 0 Å². The van der Waals surface area contributed by atoms with Crippen molar-refractivity contribution in [1.29, 1.82) is 5.26 Å². The molecule has 1 aliphatic heterocycles. The molecule has 2 N–H and O–H groups in total. The van der Waals surface area contributed by atoms with Gasteiger partial charge >= 0.3 is 5.97 Å². The Bertz CT molecular complexity index is 1210. The van der Waals surface area contributed by atoms with Gasteiger partial charge in [-0.3, -0.25) is 9.48 Å². The van der Waals surface area contributed by atoms with Gasteiger partial charge in [0.25, 0.3) is 0 Å². The van der Waals surface area contributed by atoms with Crippen LogP contribution in [0.5, 0.6) is 5.75 Å². The maximum absolute atomic E-state index is 11.7. The molecule has 3 aromatic rings. The Balaban J connectivity index is 1.82. The first-order chi connectivity index (χ1) is 15.3. The van der Waals surface area contributed by atoms with E-state index in [0.717, 1.165) is 45.5 Å². The fourth-order valence-electron chi connectivity index (χ4n) is 4.78. The zero-order chi connectivity index (χ0) is 23.0. The monoisotopic (exact) mass is 436 g/mol. The second-order valence-corrected chi connectivity index (χ2v) is 8.49. The Morgan fingerprint density at radius 2 is 2.22 bits per heavy atom. The van der Waals surface area contributed by atoms with Crippen LogP contribution in [0.25, 0.3) is 10.9 Å². The highest BCUT2D eigenvalue weighted by molar-refractivity contribution is 5.94. The molecule has 168 valence electrons. The summed E-state index contributed by atoms with van der Waals surface area (Å²) in [7, 11) is 1.88. The van der Waals surface area contributed by atoms with Crippen LogP contribution in [0, 0.1) is 25.2 Å². The molecule has 0 spiro atoms. The number of nitriles is 1. The minimum absolute atomic E-state index is 0.121. The first-order valence-electron chi connectivity index (χ1n) is 10.9. The first-order valence-corrected chi connectivity index (χ1v) is 10.9. The van der Waals surface area contributed by atoms with E-state index in [1.165, 1.54) is 0 Å². The van der Waals surface area contributed by atoms with Crippen molar-refractivity contribution in [3.63, 3.8) is 0 Å². The standard InChI is InChI=1S/C24H28N4O4/c1-5-7-24(11-20(29)30)23-18(6-8-32-24)21-16(12-25)10-19(15(3)22(21)26-23)31-13-17-9-14(2)28(4)27-17/h9-10,26H,5-8,11,13H2,1-4H3,(H,29,30)/t24-/m1/s1. The van der Waals surface area contributed by atoms with E-state index < -0.39 is 11.6 Å². The number of hydrogen-bond donors (Lipinski definition) is 2. The topological polar surface area (TPSA) is 113 Å². The number of carbonyl (C=O) groups is 1. The average Bonchev–Trinajstić information content (AvgIpc) is 3.29. The van der Waals surface area contributed by atoms with Crippen molar-refractivity contribution < 1.29 is 19.4 Å². The molecule has 0 radical (unpaired) electrons. The van der Waals surface area contributed by atoms with Crippen molar-refractivity contribution in [2.24, 2.45) is 7.05 Å². The molecule has 2 aromatic heterocycles. The van der Waals surface area contributed by atoms with E-state index in [1.807, 2.05) is 33.9 Å². The zero-order valence-corrected chi connectivity index (χ0v) is 18.9. The molecule has 0 aliphatic carbocycles. The maximum atomic E-state index is 11.7. The summed E-state index contributed by atoms with van der Waals surface area (Å²) in [6, 6.07) is 6.05. The molecule has 3 heterocycles. The summed E-state index contributed by atoms with van der Waals surface area (Å²) in [6.07, 6.45) is 1.87. The SMILES string of the molecule is CCC[C@]1(CC(=O)O)OCCc2c1[nH]c1c(C)c(OCc3cc(C)n(C)n3)cc(C#N)c21. The van der Waals surface area contributed by atoms with Crippen LogP contribution >= 0.6 is 0 Å². The summed E-state index contributed by atoms with van der Waals surface area (Å²) in [4.78, 5) is 15.1. The molecule has 1 atom stereocenters. The second kappa shape index (κ2) is 8.32. The lowest BCUT2D eigenvalue weighted by Crippen LogP contribution is -2.37. The van der Waals surface area contributed by atoms with Crippen LogP contribution in [0.4, 0.5) is 0 Å². The van der Waals surface area contributed by atoms with Crippen molar-refractivity contribution in [3.8, 4) is 11.8 Å². The third-order valence-corrected chi connectivity index (χ3v) is 6.33. The Kier molecular flexibility index (Phi) is 5.70. The lowest BCUT2D eigenvalue weighted by atomic mass is 9.84. The number of carboxylic acids is 1. The number of fused-ring (bicyclic) bond motifs is 3. The predicted molar refractivity (Wildman–Crippen MR) is 119 cm³/mol. The number of aromatic nitrogens is 3. The Labute approximate surface area is 186 Å². The molecular formula is C24H28N4O4. The van der Waals surface area contributed by atoms with Crippen LogP contribution in [0.1, 0.15) is 60.0 Å². The van der Waals surface area contributed by atoms with Gasteiger partial charge in [0.2, 0.25) is 0 Å². The molecule has 0 amide bonds. The molecule has 4 rings (SSSR count). The van der Waals surface area contributed by atoms with Crippen LogP contribution < -0.4 is 4.74 Å². The number of carboxylic acid groups (broad SMARTS) is 1. The second-order valence-electron chi connectivity index (χ2n) is 8.49. The summed E-state index contributed by atoms with van der Waals surface area (Å²) in [5.41, 5.74) is 4.88. The summed E-state index contributed by atoms with van der Waals surface area (Å²) in [5, 5.41) is 24.8. The van der Waals surface area contributed by atoms with E-state index in [4.69, 9.17) is 9.47 Å². The molecule has 1 aliphatic rings. The van der Waals surface area contributed by atoms with Gasteiger partial charge in [0.15, 0.2) is 0 Å². The Morgan fingerprint density at radius 1 is 1.44 bits per heavy atom. The largest absolute Gasteiger partial charge is 0.487 e.